The van der Waals surface area contributed by atoms with Crippen LogP contribution in [0.3, 0.4) is 0 Å². The quantitative estimate of drug-likeness (QED) is 0.606. The van der Waals surface area contributed by atoms with Gasteiger partial charge in [-0.3, -0.25) is 0 Å². The summed E-state index contributed by atoms with van der Waals surface area (Å²) in [6.45, 7) is 7.33. The molecule has 10 heteroatoms. The minimum atomic E-state index is -0.406. The van der Waals surface area contributed by atoms with Crippen molar-refractivity contribution >= 4 is 5.69 Å². The number of ether oxygens (including phenoxy) is 1. The summed E-state index contributed by atoms with van der Waals surface area (Å²) in [4.78, 5) is 15.5. The number of rotatable bonds is 4. The van der Waals surface area contributed by atoms with Crippen LogP contribution >= 0.6 is 0 Å². The number of hydrogen-bond donors (Lipinski definition) is 0. The first kappa shape index (κ1) is 17.1. The Morgan fingerprint density at radius 1 is 1.35 bits per heavy atom. The van der Waals surface area contributed by atoms with E-state index in [2.05, 4.69) is 25.5 Å². The van der Waals surface area contributed by atoms with Crippen LogP contribution in [0.25, 0.3) is 10.5 Å². The standard InChI is InChI=1S/C13H10N7O2.Y/c1-14-10-4-3-5-11(20-13(21)19(2)17-18-20)9(10)8-22-12-6-7-15-16-12;/h3-7H,8H2,2H3;/q-1;. The molecule has 0 N–H and O–H groups in total. The maximum Gasteiger partial charge on any atom is 0.368 e. The van der Waals surface area contributed by atoms with Crippen LogP contribution in [0.4, 0.5) is 5.69 Å². The second kappa shape index (κ2) is 7.31. The third-order valence-corrected chi connectivity index (χ3v) is 3.00. The number of nitrogens with zero attached hydrogens (tertiary/aromatic N) is 7. The largest absolute Gasteiger partial charge is 0.579 e. The Bertz CT molecular complexity index is 892. The van der Waals surface area contributed by atoms with Gasteiger partial charge in [0.1, 0.15) is 6.61 Å². The molecular weight excluding hydrogens is 375 g/mol. The molecule has 3 rings (SSSR count). The molecule has 0 spiro atoms. The third kappa shape index (κ3) is 3.38. The van der Waals surface area contributed by atoms with Crippen LogP contribution in [0.15, 0.2) is 35.3 Å². The second-order valence-corrected chi connectivity index (χ2v) is 4.34. The maximum atomic E-state index is 12.0. The van der Waals surface area contributed by atoms with Crippen molar-refractivity contribution in [3.8, 4) is 11.6 Å². The number of aromatic nitrogens is 6. The van der Waals surface area contributed by atoms with Crippen molar-refractivity contribution in [2.45, 2.75) is 6.61 Å². The van der Waals surface area contributed by atoms with E-state index in [1.165, 1.54) is 13.2 Å². The Kier molecular flexibility index (Phi) is 5.42. The van der Waals surface area contributed by atoms with Gasteiger partial charge < -0.3 is 14.9 Å². The molecule has 0 aliphatic rings. The molecule has 0 saturated carbocycles. The Labute approximate surface area is 155 Å². The van der Waals surface area contributed by atoms with Gasteiger partial charge in [0, 0.05) is 45.3 Å². The fourth-order valence-electron chi connectivity index (χ4n) is 1.92. The minimum Gasteiger partial charge on any atom is -0.579 e. The molecule has 0 aliphatic carbocycles. The second-order valence-electron chi connectivity index (χ2n) is 4.34. The number of aryl methyl sites for hydroxylation is 1. The van der Waals surface area contributed by atoms with Crippen molar-refractivity contribution in [1.82, 2.24) is 30.0 Å². The molecule has 0 unspecified atom stereocenters. The van der Waals surface area contributed by atoms with Gasteiger partial charge in [-0.25, -0.2) is 9.64 Å². The molecule has 3 aromatic rings. The van der Waals surface area contributed by atoms with Crippen LogP contribution < -0.4 is 15.5 Å². The molecule has 0 atom stereocenters. The fourth-order valence-corrected chi connectivity index (χ4v) is 1.92. The van der Waals surface area contributed by atoms with Crippen molar-refractivity contribution in [3.63, 3.8) is 0 Å². The summed E-state index contributed by atoms with van der Waals surface area (Å²) >= 11 is 0. The van der Waals surface area contributed by atoms with Gasteiger partial charge in [0.15, 0.2) is 11.6 Å². The summed E-state index contributed by atoms with van der Waals surface area (Å²) in [5, 5.41) is 14.9. The summed E-state index contributed by atoms with van der Waals surface area (Å²) in [5.41, 5.74) is 0.945. The molecule has 2 heterocycles. The molecule has 0 bridgehead atoms. The van der Waals surface area contributed by atoms with Crippen molar-refractivity contribution < 1.29 is 37.4 Å². The SMILES string of the molecule is [C-]#[N+]c1cccc(-n2nnn(C)c2=O)c1COc1cc[n-]n1.[Y]. The van der Waals surface area contributed by atoms with Crippen LogP contribution in [0.5, 0.6) is 5.88 Å². The smallest absolute Gasteiger partial charge is 0.368 e. The zero-order valence-electron chi connectivity index (χ0n) is 12.1. The molecule has 113 valence electrons. The van der Waals surface area contributed by atoms with E-state index in [4.69, 9.17) is 11.3 Å². The normalized spacial score (nSPS) is 9.91. The van der Waals surface area contributed by atoms with Gasteiger partial charge in [-0.1, -0.05) is 12.1 Å². The van der Waals surface area contributed by atoms with Crippen LogP contribution in [0.2, 0.25) is 0 Å². The Balaban J connectivity index is 0.00000192. The molecule has 0 aliphatic heterocycles. The topological polar surface area (TPSA) is 93.3 Å². The molecule has 0 fully saturated rings. The third-order valence-electron chi connectivity index (χ3n) is 3.00. The molecule has 23 heavy (non-hydrogen) atoms. The van der Waals surface area contributed by atoms with Crippen LogP contribution in [-0.4, -0.2) is 24.9 Å². The van der Waals surface area contributed by atoms with Gasteiger partial charge in [-0.2, -0.15) is 15.6 Å². The van der Waals surface area contributed by atoms with E-state index in [-0.39, 0.29) is 39.3 Å². The van der Waals surface area contributed by atoms with E-state index < -0.39 is 5.69 Å². The van der Waals surface area contributed by atoms with E-state index in [1.54, 1.807) is 24.3 Å². The van der Waals surface area contributed by atoms with Gasteiger partial charge in [0.05, 0.1) is 12.3 Å². The number of tetrazole rings is 1. The summed E-state index contributed by atoms with van der Waals surface area (Å²) in [7, 11) is 1.50. The Morgan fingerprint density at radius 2 is 2.17 bits per heavy atom. The fraction of sp³-hybridized carbons (Fsp3) is 0.154. The summed E-state index contributed by atoms with van der Waals surface area (Å²) in [5.74, 6) is 0.345. The Hall–Kier alpha value is -2.31. The maximum absolute atomic E-state index is 12.0. The van der Waals surface area contributed by atoms with Crippen molar-refractivity contribution in [2.24, 2.45) is 7.05 Å². The van der Waals surface area contributed by atoms with Gasteiger partial charge in [-0.05, 0) is 22.6 Å². The minimum absolute atomic E-state index is 0. The van der Waals surface area contributed by atoms with E-state index in [0.29, 0.717) is 22.8 Å². The van der Waals surface area contributed by atoms with E-state index >= 15 is 0 Å². The van der Waals surface area contributed by atoms with E-state index in [0.717, 1.165) is 9.36 Å². The predicted octanol–water partition coefficient (Wildman–Crippen LogP) is 0.445. The number of hydrogen-bond acceptors (Lipinski definition) is 5. The summed E-state index contributed by atoms with van der Waals surface area (Å²) in [6.07, 6.45) is 1.50. The van der Waals surface area contributed by atoms with Gasteiger partial charge in [0.25, 0.3) is 0 Å². The molecular formula is C13H10N7O2Y-. The average Bonchev–Trinajstić information content (AvgIpc) is 3.16. The molecule has 9 nitrogen and oxygen atoms in total. The van der Waals surface area contributed by atoms with E-state index in [9.17, 15) is 4.79 Å². The first-order chi connectivity index (χ1) is 10.7. The van der Waals surface area contributed by atoms with Crippen molar-refractivity contribution in [2.75, 3.05) is 0 Å². The average molecular weight is 385 g/mol. The van der Waals surface area contributed by atoms with Crippen molar-refractivity contribution in [3.05, 3.63) is 57.9 Å². The molecule has 0 amide bonds. The zero-order valence-corrected chi connectivity index (χ0v) is 15.0. The Morgan fingerprint density at radius 3 is 2.78 bits per heavy atom. The first-order valence-electron chi connectivity index (χ1n) is 6.26. The van der Waals surface area contributed by atoms with Crippen LogP contribution in [-0.2, 0) is 46.4 Å². The molecule has 2 aromatic heterocycles. The monoisotopic (exact) mass is 385 g/mol. The first-order valence-corrected chi connectivity index (χ1v) is 6.26. The van der Waals surface area contributed by atoms with Crippen LogP contribution in [0.1, 0.15) is 5.56 Å². The molecule has 1 aromatic carbocycles. The van der Waals surface area contributed by atoms with Crippen molar-refractivity contribution in [1.29, 1.82) is 0 Å². The van der Waals surface area contributed by atoms with Crippen LogP contribution in [0, 0.1) is 6.57 Å². The van der Waals surface area contributed by atoms with Gasteiger partial charge in [-0.15, -0.1) is 0 Å². The predicted molar refractivity (Wildman–Crippen MR) is 74.8 cm³/mol. The zero-order chi connectivity index (χ0) is 15.5. The molecule has 1 radical (unpaired) electrons. The van der Waals surface area contributed by atoms with Gasteiger partial charge >= 0.3 is 5.69 Å². The number of benzene rings is 1. The van der Waals surface area contributed by atoms with E-state index in [1.807, 2.05) is 0 Å². The molecule has 0 saturated heterocycles. The van der Waals surface area contributed by atoms with Gasteiger partial charge in [0.2, 0.25) is 0 Å². The summed E-state index contributed by atoms with van der Waals surface area (Å²) in [6, 6.07) is 6.61. The summed E-state index contributed by atoms with van der Waals surface area (Å²) < 4.78 is 7.73.